The highest BCUT2D eigenvalue weighted by molar-refractivity contribution is 5.91. The van der Waals surface area contributed by atoms with Crippen molar-refractivity contribution in [3.63, 3.8) is 0 Å². The summed E-state index contributed by atoms with van der Waals surface area (Å²) >= 11 is 0. The third-order valence-corrected chi connectivity index (χ3v) is 3.40. The molecule has 1 aliphatic rings. The Kier molecular flexibility index (Phi) is 3.98. The third kappa shape index (κ3) is 3.67. The third-order valence-electron chi connectivity index (χ3n) is 3.40. The second-order valence-electron chi connectivity index (χ2n) is 4.94. The lowest BCUT2D eigenvalue weighted by atomic mass is 10.1. The topological polar surface area (TPSA) is 73.1 Å². The minimum atomic E-state index is -0.163. The molecule has 0 aliphatic heterocycles. The highest BCUT2D eigenvalue weighted by Crippen LogP contribution is 2.44. The Balaban J connectivity index is 1.84. The Morgan fingerprint density at radius 1 is 1.42 bits per heavy atom. The largest absolute Gasteiger partial charge is 0.396 e. The Morgan fingerprint density at radius 3 is 2.63 bits per heavy atom. The zero-order valence-electron chi connectivity index (χ0n) is 10.6. The highest BCUT2D eigenvalue weighted by atomic mass is 16.3. The molecule has 2 rings (SSSR count). The maximum atomic E-state index is 11.6. The lowest BCUT2D eigenvalue weighted by molar-refractivity contribution is -0.116. The number of carbonyl (C=O) groups is 1. The summed E-state index contributed by atoms with van der Waals surface area (Å²) in [5.41, 5.74) is 1.40. The molecule has 0 aromatic heterocycles. The molecule has 0 radical (unpaired) electrons. The van der Waals surface area contributed by atoms with Crippen molar-refractivity contribution in [2.24, 2.45) is 5.41 Å². The van der Waals surface area contributed by atoms with Crippen molar-refractivity contribution in [1.29, 1.82) is 5.26 Å². The summed E-state index contributed by atoms with van der Waals surface area (Å²) in [7, 11) is 0. The number of aliphatic hydroxyl groups is 1. The average Bonchev–Trinajstić information content (AvgIpc) is 3.24. The number of carbonyl (C=O) groups excluding carboxylic acids is 1. The summed E-state index contributed by atoms with van der Waals surface area (Å²) in [6.45, 7) is 0.659. The number of amides is 1. The number of nitriles is 1. The monoisotopic (exact) mass is 256 g/mol. The highest BCUT2D eigenvalue weighted by Gasteiger charge is 2.41. The van der Waals surface area contributed by atoms with Gasteiger partial charge in [-0.05, 0) is 36.6 Å². The molecule has 1 aromatic carbocycles. The Hall–Kier alpha value is -2.12. The molecule has 4 nitrogen and oxygen atoms in total. The van der Waals surface area contributed by atoms with E-state index in [1.807, 2.05) is 6.07 Å². The molecule has 1 fully saturated rings. The van der Waals surface area contributed by atoms with Crippen LogP contribution < -0.4 is 5.32 Å². The predicted molar refractivity (Wildman–Crippen MR) is 72.0 cm³/mol. The van der Waals surface area contributed by atoms with E-state index in [1.165, 1.54) is 6.08 Å². The van der Waals surface area contributed by atoms with Gasteiger partial charge in [0.05, 0.1) is 18.2 Å². The van der Waals surface area contributed by atoms with Crippen LogP contribution in [0.5, 0.6) is 0 Å². The van der Waals surface area contributed by atoms with Gasteiger partial charge in [-0.15, -0.1) is 0 Å². The molecule has 1 amide bonds. The summed E-state index contributed by atoms with van der Waals surface area (Å²) in [6.07, 6.45) is 5.12. The molecule has 19 heavy (non-hydrogen) atoms. The van der Waals surface area contributed by atoms with Gasteiger partial charge in [0.25, 0.3) is 0 Å². The second kappa shape index (κ2) is 5.68. The summed E-state index contributed by atoms with van der Waals surface area (Å²) in [4.78, 5) is 11.6. The van der Waals surface area contributed by atoms with Gasteiger partial charge in [-0.25, -0.2) is 0 Å². The smallest absolute Gasteiger partial charge is 0.244 e. The van der Waals surface area contributed by atoms with Gasteiger partial charge in [0.1, 0.15) is 0 Å². The van der Waals surface area contributed by atoms with Crippen LogP contribution in [0.3, 0.4) is 0 Å². The van der Waals surface area contributed by atoms with Gasteiger partial charge in [0.15, 0.2) is 0 Å². The normalized spacial score (nSPS) is 16.0. The molecule has 2 N–H and O–H groups in total. The van der Waals surface area contributed by atoms with E-state index in [0.29, 0.717) is 12.1 Å². The van der Waals surface area contributed by atoms with E-state index in [4.69, 9.17) is 10.4 Å². The van der Waals surface area contributed by atoms with E-state index in [0.717, 1.165) is 18.4 Å². The molecule has 0 spiro atoms. The zero-order chi connectivity index (χ0) is 13.7. The van der Waals surface area contributed by atoms with E-state index < -0.39 is 0 Å². The molecule has 4 heteroatoms. The Bertz CT molecular complexity index is 522. The maximum absolute atomic E-state index is 11.6. The Morgan fingerprint density at radius 2 is 2.11 bits per heavy atom. The van der Waals surface area contributed by atoms with Crippen molar-refractivity contribution < 1.29 is 9.90 Å². The van der Waals surface area contributed by atoms with Crippen molar-refractivity contribution in [2.45, 2.75) is 12.8 Å². The van der Waals surface area contributed by atoms with Crippen LogP contribution in [0.4, 0.5) is 0 Å². The van der Waals surface area contributed by atoms with Gasteiger partial charge in [-0.3, -0.25) is 4.79 Å². The van der Waals surface area contributed by atoms with E-state index in [9.17, 15) is 4.79 Å². The van der Waals surface area contributed by atoms with Gasteiger partial charge >= 0.3 is 0 Å². The summed E-state index contributed by atoms with van der Waals surface area (Å²) in [5.74, 6) is -0.163. The summed E-state index contributed by atoms with van der Waals surface area (Å²) in [6, 6.07) is 9.04. The molecule has 1 saturated carbocycles. The quantitative estimate of drug-likeness (QED) is 0.783. The first-order valence-corrected chi connectivity index (χ1v) is 6.24. The SMILES string of the molecule is N#Cc1ccc(/C=C/C(=O)NCC2(CO)CC2)cc1. The first kappa shape index (κ1) is 13.3. The molecule has 0 heterocycles. The van der Waals surface area contributed by atoms with Gasteiger partial charge in [-0.2, -0.15) is 5.26 Å². The number of rotatable bonds is 5. The molecular formula is C15H16N2O2. The van der Waals surface area contributed by atoms with Crippen LogP contribution in [0, 0.1) is 16.7 Å². The number of aliphatic hydroxyl groups excluding tert-OH is 1. The fourth-order valence-electron chi connectivity index (χ4n) is 1.74. The summed E-state index contributed by atoms with van der Waals surface area (Å²) in [5, 5.41) is 20.6. The van der Waals surface area contributed by atoms with Crippen molar-refractivity contribution >= 4 is 12.0 Å². The number of nitrogens with one attached hydrogen (secondary N) is 1. The van der Waals surface area contributed by atoms with Gasteiger partial charge in [0, 0.05) is 18.0 Å². The molecule has 1 aliphatic carbocycles. The van der Waals surface area contributed by atoms with Crippen LogP contribution in [-0.2, 0) is 4.79 Å². The molecule has 98 valence electrons. The minimum Gasteiger partial charge on any atom is -0.396 e. The van der Waals surface area contributed by atoms with Crippen LogP contribution in [0.2, 0.25) is 0 Å². The fourth-order valence-corrected chi connectivity index (χ4v) is 1.74. The second-order valence-corrected chi connectivity index (χ2v) is 4.94. The number of benzene rings is 1. The first-order chi connectivity index (χ1) is 9.17. The summed E-state index contributed by atoms with van der Waals surface area (Å²) < 4.78 is 0. The zero-order valence-corrected chi connectivity index (χ0v) is 10.6. The van der Waals surface area contributed by atoms with Crippen LogP contribution in [0.25, 0.3) is 6.08 Å². The van der Waals surface area contributed by atoms with Crippen LogP contribution in [0.1, 0.15) is 24.0 Å². The predicted octanol–water partition coefficient (Wildman–Crippen LogP) is 1.46. The van der Waals surface area contributed by atoms with Crippen LogP contribution >= 0.6 is 0 Å². The molecule has 0 unspecified atom stereocenters. The number of hydrogen-bond donors (Lipinski definition) is 2. The number of nitrogens with zero attached hydrogens (tertiary/aromatic N) is 1. The molecular weight excluding hydrogens is 240 g/mol. The average molecular weight is 256 g/mol. The van der Waals surface area contributed by atoms with Gasteiger partial charge in [-0.1, -0.05) is 12.1 Å². The van der Waals surface area contributed by atoms with Crippen molar-refractivity contribution in [3.05, 3.63) is 41.5 Å². The van der Waals surface area contributed by atoms with Crippen molar-refractivity contribution in [2.75, 3.05) is 13.2 Å². The van der Waals surface area contributed by atoms with Gasteiger partial charge in [0.2, 0.25) is 5.91 Å². The minimum absolute atomic E-state index is 0.0715. The van der Waals surface area contributed by atoms with E-state index in [2.05, 4.69) is 5.32 Å². The molecule has 0 atom stereocenters. The molecule has 0 bridgehead atoms. The van der Waals surface area contributed by atoms with E-state index >= 15 is 0 Å². The van der Waals surface area contributed by atoms with E-state index in [-0.39, 0.29) is 17.9 Å². The first-order valence-electron chi connectivity index (χ1n) is 6.24. The van der Waals surface area contributed by atoms with Crippen LogP contribution in [-0.4, -0.2) is 24.2 Å². The lowest BCUT2D eigenvalue weighted by Crippen LogP contribution is -2.30. The van der Waals surface area contributed by atoms with Gasteiger partial charge < -0.3 is 10.4 Å². The van der Waals surface area contributed by atoms with Crippen molar-refractivity contribution in [1.82, 2.24) is 5.32 Å². The van der Waals surface area contributed by atoms with Crippen LogP contribution in [0.15, 0.2) is 30.3 Å². The molecule has 0 saturated heterocycles. The lowest BCUT2D eigenvalue weighted by Gasteiger charge is -2.10. The Labute approximate surface area is 112 Å². The maximum Gasteiger partial charge on any atom is 0.244 e. The fraction of sp³-hybridized carbons (Fsp3) is 0.333. The van der Waals surface area contributed by atoms with Crippen molar-refractivity contribution in [3.8, 4) is 6.07 Å². The van der Waals surface area contributed by atoms with E-state index in [1.54, 1.807) is 30.3 Å². The molecule has 1 aromatic rings. The standard InChI is InChI=1S/C15H16N2O2/c16-9-13-3-1-12(2-4-13)5-6-14(19)17-10-15(11-18)7-8-15/h1-6,18H,7-8,10-11H2,(H,17,19)/b6-5+. The number of hydrogen-bond acceptors (Lipinski definition) is 3.